The summed E-state index contributed by atoms with van der Waals surface area (Å²) in [5.74, 6) is 0. The van der Waals surface area contributed by atoms with Crippen molar-refractivity contribution in [2.24, 2.45) is 5.41 Å². The van der Waals surface area contributed by atoms with Gasteiger partial charge in [0.2, 0.25) is 0 Å². The van der Waals surface area contributed by atoms with Gasteiger partial charge in [0.1, 0.15) is 0 Å². The van der Waals surface area contributed by atoms with Gasteiger partial charge in [0.15, 0.2) is 0 Å². The molecule has 0 aliphatic carbocycles. The molecule has 1 aromatic rings. The van der Waals surface area contributed by atoms with Crippen LogP contribution in [0.1, 0.15) is 25.5 Å². The molecular formula is C16H28N2O2. The zero-order valence-electron chi connectivity index (χ0n) is 12.8. The summed E-state index contributed by atoms with van der Waals surface area (Å²) < 4.78 is 0. The van der Waals surface area contributed by atoms with Crippen LogP contribution in [0, 0.1) is 5.41 Å². The number of nitrogens with one attached hydrogen (secondary N) is 1. The van der Waals surface area contributed by atoms with Gasteiger partial charge in [-0.05, 0) is 18.0 Å². The summed E-state index contributed by atoms with van der Waals surface area (Å²) in [6, 6.07) is 10.6. The van der Waals surface area contributed by atoms with Crippen molar-refractivity contribution in [1.82, 2.24) is 10.2 Å². The van der Waals surface area contributed by atoms with E-state index in [0.29, 0.717) is 13.1 Å². The number of rotatable bonds is 9. The van der Waals surface area contributed by atoms with Gasteiger partial charge >= 0.3 is 0 Å². The average Bonchev–Trinajstić information content (AvgIpc) is 2.40. The smallest absolute Gasteiger partial charge is 0.0558 e. The third-order valence-corrected chi connectivity index (χ3v) is 3.67. The number of hydrogen-bond donors (Lipinski definition) is 3. The molecule has 3 N–H and O–H groups in total. The Bertz CT molecular complexity index is 362. The molecule has 0 aliphatic heterocycles. The van der Waals surface area contributed by atoms with E-state index in [0.717, 1.165) is 6.54 Å². The number of hydrogen-bond acceptors (Lipinski definition) is 4. The monoisotopic (exact) mass is 280 g/mol. The Balaban J connectivity index is 2.82. The molecule has 114 valence electrons. The van der Waals surface area contributed by atoms with Crippen molar-refractivity contribution in [2.45, 2.75) is 19.9 Å². The van der Waals surface area contributed by atoms with Gasteiger partial charge in [0.05, 0.1) is 13.2 Å². The van der Waals surface area contributed by atoms with E-state index < -0.39 is 0 Å². The number of aliphatic hydroxyl groups is 2. The van der Waals surface area contributed by atoms with Gasteiger partial charge in [-0.15, -0.1) is 0 Å². The lowest BCUT2D eigenvalue weighted by molar-refractivity contribution is 0.100. The molecule has 0 aliphatic rings. The van der Waals surface area contributed by atoms with Gasteiger partial charge in [0, 0.05) is 25.7 Å². The fraction of sp³-hybridized carbons (Fsp3) is 0.625. The summed E-state index contributed by atoms with van der Waals surface area (Å²) in [6.07, 6.45) is 0. The summed E-state index contributed by atoms with van der Waals surface area (Å²) in [5, 5.41) is 21.7. The molecule has 1 unspecified atom stereocenters. The number of benzene rings is 1. The Hall–Kier alpha value is -0.940. The third kappa shape index (κ3) is 4.87. The van der Waals surface area contributed by atoms with Crippen molar-refractivity contribution < 1.29 is 10.2 Å². The van der Waals surface area contributed by atoms with E-state index in [9.17, 15) is 0 Å². The maximum atomic E-state index is 9.13. The summed E-state index contributed by atoms with van der Waals surface area (Å²) in [6.45, 7) is 6.65. The second kappa shape index (κ2) is 8.37. The number of nitrogens with zero attached hydrogens (tertiary/aromatic N) is 1. The molecule has 0 fully saturated rings. The second-order valence-corrected chi connectivity index (χ2v) is 5.84. The van der Waals surface area contributed by atoms with Crippen LogP contribution in [0.4, 0.5) is 0 Å². The van der Waals surface area contributed by atoms with Gasteiger partial charge in [-0.25, -0.2) is 0 Å². The average molecular weight is 280 g/mol. The molecule has 0 heterocycles. The Labute approximate surface area is 122 Å². The first-order valence-electron chi connectivity index (χ1n) is 7.21. The molecule has 1 rings (SSSR count). The molecule has 0 bridgehead atoms. The van der Waals surface area contributed by atoms with Crippen molar-refractivity contribution in [3.05, 3.63) is 35.9 Å². The summed E-state index contributed by atoms with van der Waals surface area (Å²) >= 11 is 0. The van der Waals surface area contributed by atoms with Crippen LogP contribution in [0.15, 0.2) is 30.3 Å². The highest BCUT2D eigenvalue weighted by atomic mass is 16.3. The minimum absolute atomic E-state index is 0.0134. The van der Waals surface area contributed by atoms with Crippen molar-refractivity contribution in [1.29, 1.82) is 0 Å². The lowest BCUT2D eigenvalue weighted by atomic mass is 9.80. The minimum Gasteiger partial charge on any atom is -0.395 e. The normalized spacial score (nSPS) is 13.7. The fourth-order valence-electron chi connectivity index (χ4n) is 2.87. The van der Waals surface area contributed by atoms with Crippen LogP contribution < -0.4 is 5.32 Å². The highest BCUT2D eigenvalue weighted by Gasteiger charge is 2.31. The molecule has 0 spiro atoms. The topological polar surface area (TPSA) is 55.7 Å². The zero-order valence-corrected chi connectivity index (χ0v) is 12.8. The predicted octanol–water partition coefficient (Wildman–Crippen LogP) is 1.26. The number of aliphatic hydroxyl groups excluding tert-OH is 2. The highest BCUT2D eigenvalue weighted by molar-refractivity contribution is 5.21. The van der Waals surface area contributed by atoms with E-state index in [1.54, 1.807) is 0 Å². The van der Waals surface area contributed by atoms with E-state index in [4.69, 9.17) is 10.2 Å². The van der Waals surface area contributed by atoms with Crippen molar-refractivity contribution in [3.63, 3.8) is 0 Å². The van der Waals surface area contributed by atoms with Crippen LogP contribution in [-0.2, 0) is 0 Å². The molecule has 4 nitrogen and oxygen atoms in total. The van der Waals surface area contributed by atoms with Crippen molar-refractivity contribution >= 4 is 0 Å². The first-order valence-corrected chi connectivity index (χ1v) is 7.21. The molecule has 0 radical (unpaired) electrons. The molecular weight excluding hydrogens is 252 g/mol. The van der Waals surface area contributed by atoms with Crippen molar-refractivity contribution in [2.75, 3.05) is 39.9 Å². The molecule has 4 heteroatoms. The van der Waals surface area contributed by atoms with Gasteiger partial charge in [-0.2, -0.15) is 0 Å². The summed E-state index contributed by atoms with van der Waals surface area (Å²) in [4.78, 5) is 2.10. The van der Waals surface area contributed by atoms with E-state index >= 15 is 0 Å². The summed E-state index contributed by atoms with van der Waals surface area (Å²) in [7, 11) is 1.97. The zero-order chi connectivity index (χ0) is 15.0. The highest BCUT2D eigenvalue weighted by Crippen LogP contribution is 2.33. The fourth-order valence-corrected chi connectivity index (χ4v) is 2.87. The molecule has 0 saturated heterocycles. The van der Waals surface area contributed by atoms with Crippen LogP contribution in [0.25, 0.3) is 0 Å². The van der Waals surface area contributed by atoms with E-state index in [2.05, 4.69) is 48.3 Å². The van der Waals surface area contributed by atoms with Crippen LogP contribution in [0.3, 0.4) is 0 Å². The predicted molar refractivity (Wildman–Crippen MR) is 82.6 cm³/mol. The van der Waals surface area contributed by atoms with Gasteiger partial charge in [-0.3, -0.25) is 4.90 Å². The lowest BCUT2D eigenvalue weighted by Crippen LogP contribution is -2.44. The molecule has 0 aromatic heterocycles. The van der Waals surface area contributed by atoms with Gasteiger partial charge in [-0.1, -0.05) is 44.2 Å². The largest absolute Gasteiger partial charge is 0.395 e. The Morgan fingerprint density at radius 2 is 1.65 bits per heavy atom. The minimum atomic E-state index is -0.0134. The molecule has 1 aromatic carbocycles. The Kier molecular flexibility index (Phi) is 7.16. The standard InChI is InChI=1S/C16H28N2O2/c1-16(2,13-18(9-11-19)10-12-20)15(17-3)14-7-5-4-6-8-14/h4-8,15,17,19-20H,9-13H2,1-3H3. The summed E-state index contributed by atoms with van der Waals surface area (Å²) in [5.41, 5.74) is 1.24. The van der Waals surface area contributed by atoms with Gasteiger partial charge < -0.3 is 15.5 Å². The molecule has 0 saturated carbocycles. The van der Waals surface area contributed by atoms with Crippen LogP contribution in [-0.4, -0.2) is 55.0 Å². The van der Waals surface area contributed by atoms with Crippen LogP contribution in [0.2, 0.25) is 0 Å². The molecule has 20 heavy (non-hydrogen) atoms. The third-order valence-electron chi connectivity index (χ3n) is 3.67. The van der Waals surface area contributed by atoms with Crippen LogP contribution in [0.5, 0.6) is 0 Å². The maximum absolute atomic E-state index is 9.13. The maximum Gasteiger partial charge on any atom is 0.0558 e. The van der Waals surface area contributed by atoms with E-state index in [-0.39, 0.29) is 24.7 Å². The molecule has 1 atom stereocenters. The Morgan fingerprint density at radius 3 is 2.10 bits per heavy atom. The van der Waals surface area contributed by atoms with Crippen molar-refractivity contribution in [3.8, 4) is 0 Å². The second-order valence-electron chi connectivity index (χ2n) is 5.84. The van der Waals surface area contributed by atoms with E-state index in [1.165, 1.54) is 5.56 Å². The van der Waals surface area contributed by atoms with E-state index in [1.807, 2.05) is 13.1 Å². The quantitative estimate of drug-likeness (QED) is 0.637. The Morgan fingerprint density at radius 1 is 1.10 bits per heavy atom. The SMILES string of the molecule is CNC(c1ccccc1)C(C)(C)CN(CCO)CCO. The first kappa shape index (κ1) is 17.1. The lowest BCUT2D eigenvalue weighted by Gasteiger charge is -2.38. The molecule has 0 amide bonds. The van der Waals surface area contributed by atoms with Crippen LogP contribution >= 0.6 is 0 Å². The first-order chi connectivity index (χ1) is 9.55. The van der Waals surface area contributed by atoms with Gasteiger partial charge in [0.25, 0.3) is 0 Å².